The Kier molecular flexibility index (Phi) is 12.2. The predicted molar refractivity (Wildman–Crippen MR) is 215 cm³/mol. The molecule has 2 aliphatic rings. The van der Waals surface area contributed by atoms with Gasteiger partial charge in [0.05, 0.1) is 0 Å². The van der Waals surface area contributed by atoms with Crippen molar-refractivity contribution >= 4 is 6.48 Å². The summed E-state index contributed by atoms with van der Waals surface area (Å²) < 4.78 is 4.96. The average molecular weight is 809 g/mol. The first-order valence-corrected chi connectivity index (χ1v) is 22.3. The number of hydrogen-bond acceptors (Lipinski definition) is 0. The fourth-order valence-corrected chi connectivity index (χ4v) is 17.2. The van der Waals surface area contributed by atoms with Crippen LogP contribution in [0.1, 0.15) is 62.8 Å². The van der Waals surface area contributed by atoms with Crippen LogP contribution in [0.4, 0.5) is 0 Å². The minimum Gasteiger partial charge on any atom is -1.00 e. The second kappa shape index (κ2) is 16.7. The van der Waals surface area contributed by atoms with Crippen molar-refractivity contribution in [2.45, 2.75) is 47.0 Å². The standard InChI is InChI=1S/C25H17.C13H10.C12H19.2ClH.Zr/c1-3-7-18(8-4-1)20-11-13-24-22(15-20)17-23-16-21(12-14-25(23)24)19-9-5-2-6-10-19;1-3-7-12(8-4-1)11-13-9-5-2-6-10-13;1-5-6-10-7-8-11(9-10)12(2,3)4;;;/h1-15H,17H2;1-10H;8-10H,5-6H2,1-4H3;2*1H;/q;;;;;+2/p-2. The Labute approximate surface area is 336 Å². The van der Waals surface area contributed by atoms with Crippen LogP contribution in [-0.2, 0) is 27.7 Å². The van der Waals surface area contributed by atoms with E-state index in [0.29, 0.717) is 5.92 Å². The molecule has 0 nitrogen and oxygen atoms in total. The Balaban J connectivity index is 0.00000240. The molecule has 2 aliphatic carbocycles. The van der Waals surface area contributed by atoms with Crippen LogP contribution in [0.25, 0.3) is 33.4 Å². The Morgan fingerprint density at radius 1 is 0.604 bits per heavy atom. The van der Waals surface area contributed by atoms with E-state index in [1.165, 1.54) is 68.5 Å². The fourth-order valence-electron chi connectivity index (χ4n) is 8.21. The topological polar surface area (TPSA) is 0 Å². The molecular formula is C50H46Cl2Zr. The zero-order valence-corrected chi connectivity index (χ0v) is 35.0. The predicted octanol–water partition coefficient (Wildman–Crippen LogP) is 6.40. The van der Waals surface area contributed by atoms with Crippen molar-refractivity contribution < 1.29 is 46.1 Å². The van der Waals surface area contributed by atoms with Gasteiger partial charge in [-0.1, -0.05) is 0 Å². The van der Waals surface area contributed by atoms with Gasteiger partial charge in [-0.05, 0) is 0 Å². The van der Waals surface area contributed by atoms with Gasteiger partial charge in [0.15, 0.2) is 0 Å². The largest absolute Gasteiger partial charge is 1.00 e. The van der Waals surface area contributed by atoms with E-state index in [4.69, 9.17) is 0 Å². The third kappa shape index (κ3) is 7.73. The van der Waals surface area contributed by atoms with Crippen LogP contribution in [0.15, 0.2) is 173 Å². The molecule has 8 rings (SSSR count). The van der Waals surface area contributed by atoms with Crippen LogP contribution in [0.5, 0.6) is 0 Å². The molecule has 53 heavy (non-hydrogen) atoms. The molecule has 0 aromatic heterocycles. The molecule has 0 radical (unpaired) electrons. The van der Waals surface area contributed by atoms with Crippen LogP contribution in [-0.4, -0.2) is 3.21 Å². The molecule has 3 heteroatoms. The Hall–Kier alpha value is -3.87. The smallest absolute Gasteiger partial charge is 1.00 e. The summed E-state index contributed by atoms with van der Waals surface area (Å²) in [6.07, 6.45) is 8.66. The first-order chi connectivity index (χ1) is 24.9. The minimum absolute atomic E-state index is 0. The third-order valence-electron chi connectivity index (χ3n) is 10.7. The fraction of sp³-hybridized carbons (Fsp3) is 0.180. The van der Waals surface area contributed by atoms with E-state index in [1.807, 2.05) is 0 Å². The van der Waals surface area contributed by atoms with E-state index in [9.17, 15) is 0 Å². The molecule has 0 spiro atoms. The molecule has 1 unspecified atom stereocenters. The van der Waals surface area contributed by atoms with Crippen LogP contribution in [0.3, 0.4) is 0 Å². The van der Waals surface area contributed by atoms with Crippen molar-refractivity contribution in [2.75, 3.05) is 0 Å². The summed E-state index contributed by atoms with van der Waals surface area (Å²) >= 11 is -3.06. The zero-order chi connectivity index (χ0) is 35.0. The molecule has 264 valence electrons. The molecule has 1 atom stereocenters. The summed E-state index contributed by atoms with van der Waals surface area (Å²) in [7, 11) is 0. The quantitative estimate of drug-likeness (QED) is 0.167. The number of allylic oxidation sites excluding steroid dienone is 4. The van der Waals surface area contributed by atoms with Crippen molar-refractivity contribution in [3.05, 3.63) is 195 Å². The van der Waals surface area contributed by atoms with Crippen molar-refractivity contribution in [1.29, 1.82) is 0 Å². The SMILES string of the molecule is CCCC1C=C(C(C)(C)C)C=[C]1[Zr+2](=[C](c1ccccc1)c1ccccc1)[c]1c(-c2ccccc2)ccc2c1Cc1cc(-c3ccccc3)ccc1-2.[Cl-].[Cl-]. The molecule has 0 saturated carbocycles. The summed E-state index contributed by atoms with van der Waals surface area (Å²) in [6.45, 7) is 9.53. The summed E-state index contributed by atoms with van der Waals surface area (Å²) in [4.78, 5) is 0. The maximum atomic E-state index is 2.69. The monoisotopic (exact) mass is 806 g/mol. The Morgan fingerprint density at radius 2 is 1.13 bits per heavy atom. The second-order valence-corrected chi connectivity index (χ2v) is 20.9. The van der Waals surface area contributed by atoms with Gasteiger partial charge < -0.3 is 24.8 Å². The van der Waals surface area contributed by atoms with Gasteiger partial charge >= 0.3 is 314 Å². The summed E-state index contributed by atoms with van der Waals surface area (Å²) in [5.74, 6) is 0.453. The maximum Gasteiger partial charge on any atom is -1.00 e. The summed E-state index contributed by atoms with van der Waals surface area (Å²) in [6, 6.07) is 57.0. The van der Waals surface area contributed by atoms with Crippen LogP contribution >= 0.6 is 0 Å². The van der Waals surface area contributed by atoms with E-state index in [0.717, 1.165) is 6.42 Å². The number of rotatable bonds is 8. The van der Waals surface area contributed by atoms with E-state index in [-0.39, 0.29) is 30.2 Å². The van der Waals surface area contributed by atoms with E-state index in [1.54, 1.807) is 15.3 Å². The van der Waals surface area contributed by atoms with Crippen molar-refractivity contribution in [3.8, 4) is 33.4 Å². The zero-order valence-electron chi connectivity index (χ0n) is 31.0. The first kappa shape index (κ1) is 38.8. The molecule has 0 heterocycles. The van der Waals surface area contributed by atoms with Crippen molar-refractivity contribution in [1.82, 2.24) is 0 Å². The first-order valence-electron chi connectivity index (χ1n) is 18.6. The Morgan fingerprint density at radius 3 is 1.70 bits per heavy atom. The molecule has 0 bridgehead atoms. The van der Waals surface area contributed by atoms with Gasteiger partial charge in [-0.15, -0.1) is 0 Å². The van der Waals surface area contributed by atoms with Gasteiger partial charge in [0.2, 0.25) is 0 Å². The number of hydrogen-bond donors (Lipinski definition) is 0. The van der Waals surface area contributed by atoms with Gasteiger partial charge in [-0.3, -0.25) is 0 Å². The molecular weight excluding hydrogens is 763 g/mol. The normalized spacial score (nSPS) is 14.1. The number of halogens is 2. The van der Waals surface area contributed by atoms with E-state index < -0.39 is 21.3 Å². The minimum atomic E-state index is -3.06. The van der Waals surface area contributed by atoms with Crippen LogP contribution < -0.4 is 28.1 Å². The molecule has 6 aromatic rings. The van der Waals surface area contributed by atoms with Crippen LogP contribution in [0.2, 0.25) is 0 Å². The molecule has 0 amide bonds. The average Bonchev–Trinajstić information content (AvgIpc) is 3.77. The summed E-state index contributed by atoms with van der Waals surface area (Å²) in [5.41, 5.74) is 15.5. The van der Waals surface area contributed by atoms with Crippen molar-refractivity contribution in [2.24, 2.45) is 11.3 Å². The molecule has 0 N–H and O–H groups in total. The Bertz CT molecular complexity index is 2250. The molecule has 0 saturated heterocycles. The van der Waals surface area contributed by atoms with Gasteiger partial charge in [0.25, 0.3) is 0 Å². The summed E-state index contributed by atoms with van der Waals surface area (Å²) in [5, 5.41) is 0. The number of benzene rings is 6. The van der Waals surface area contributed by atoms with Gasteiger partial charge in [0.1, 0.15) is 0 Å². The third-order valence-corrected chi connectivity index (χ3v) is 18.7. The second-order valence-electron chi connectivity index (χ2n) is 15.1. The van der Waals surface area contributed by atoms with Gasteiger partial charge in [0, 0.05) is 0 Å². The van der Waals surface area contributed by atoms with Crippen molar-refractivity contribution in [3.63, 3.8) is 0 Å². The maximum absolute atomic E-state index is 3.06. The van der Waals surface area contributed by atoms with E-state index >= 15 is 0 Å². The van der Waals surface area contributed by atoms with E-state index in [2.05, 4.69) is 192 Å². The molecule has 6 aromatic carbocycles. The van der Waals surface area contributed by atoms with Gasteiger partial charge in [-0.25, -0.2) is 0 Å². The van der Waals surface area contributed by atoms with Gasteiger partial charge in [-0.2, -0.15) is 0 Å². The molecule has 0 aliphatic heterocycles. The number of fused-ring (bicyclic) bond motifs is 3. The van der Waals surface area contributed by atoms with Crippen LogP contribution in [0, 0.1) is 11.3 Å². The molecule has 0 fully saturated rings.